The maximum Gasteiger partial charge on any atom is 0.410 e. The molecule has 0 spiro atoms. The zero-order valence-electron chi connectivity index (χ0n) is 17.5. The molecular weight excluding hydrogens is 418 g/mol. The van der Waals surface area contributed by atoms with Gasteiger partial charge in [0.1, 0.15) is 11.4 Å². The summed E-state index contributed by atoms with van der Waals surface area (Å²) in [5, 5.41) is 0. The van der Waals surface area contributed by atoms with Crippen molar-refractivity contribution in [3.05, 3.63) is 28.5 Å². The molecule has 0 bridgehead atoms. The molecule has 2 heterocycles. The van der Waals surface area contributed by atoms with Crippen LogP contribution in [0.2, 0.25) is 0 Å². The molecule has 2 aromatic rings. The minimum Gasteiger partial charge on any atom is -0.444 e. The molecule has 1 amide bonds. The number of aryl methyl sites for hydroxylation is 1. The summed E-state index contributed by atoms with van der Waals surface area (Å²) in [6.07, 6.45) is 6.02. The average Bonchev–Trinajstić information content (AvgIpc) is 2.95. The zero-order chi connectivity index (χ0) is 20.3. The van der Waals surface area contributed by atoms with E-state index in [0.29, 0.717) is 0 Å². The molecule has 1 fully saturated rings. The fourth-order valence-corrected chi connectivity index (χ4v) is 4.21. The van der Waals surface area contributed by atoms with Crippen LogP contribution in [-0.4, -0.2) is 38.7 Å². The van der Waals surface area contributed by atoms with Crippen LogP contribution >= 0.6 is 15.9 Å². The van der Waals surface area contributed by atoms with Crippen LogP contribution < -0.4 is 0 Å². The Labute approximate surface area is 176 Å². The number of likely N-dealkylation sites (tertiary alicyclic amines) is 1. The first-order valence-corrected chi connectivity index (χ1v) is 11.2. The highest BCUT2D eigenvalue weighted by Crippen LogP contribution is 2.26. The topological polar surface area (TPSA) is 47.4 Å². The number of carbonyl (C=O) groups is 1. The van der Waals surface area contributed by atoms with E-state index >= 15 is 0 Å². The van der Waals surface area contributed by atoms with Gasteiger partial charge < -0.3 is 14.2 Å². The van der Waals surface area contributed by atoms with E-state index in [1.165, 1.54) is 5.52 Å². The minimum absolute atomic E-state index is 0.143. The van der Waals surface area contributed by atoms with Crippen molar-refractivity contribution in [2.24, 2.45) is 0 Å². The van der Waals surface area contributed by atoms with Crippen LogP contribution in [0.1, 0.15) is 65.6 Å². The summed E-state index contributed by atoms with van der Waals surface area (Å²) in [5.41, 5.74) is 1.71. The number of nitrogens with zero attached hydrogens (tertiary/aromatic N) is 3. The Morgan fingerprint density at radius 2 is 2.11 bits per heavy atom. The summed E-state index contributed by atoms with van der Waals surface area (Å²) in [7, 11) is 0. The molecule has 0 radical (unpaired) electrons. The van der Waals surface area contributed by atoms with Crippen molar-refractivity contribution in [3.63, 3.8) is 0 Å². The van der Waals surface area contributed by atoms with Gasteiger partial charge >= 0.3 is 6.09 Å². The van der Waals surface area contributed by atoms with Crippen molar-refractivity contribution in [2.75, 3.05) is 6.54 Å². The van der Waals surface area contributed by atoms with Crippen molar-refractivity contribution >= 4 is 33.1 Å². The standard InChI is InChI=1S/C22H32BrN3O2/c1-5-6-12-26-19-11-10-16(23)14-18(19)24-20(26)15-17-9-7-8-13-25(17)21(27)28-22(2,3)4/h10-11,14,17H,5-9,12-13,15H2,1-4H3. The molecule has 28 heavy (non-hydrogen) atoms. The second-order valence-corrected chi connectivity index (χ2v) is 9.61. The number of halogens is 1. The number of hydrogen-bond donors (Lipinski definition) is 0. The Kier molecular flexibility index (Phi) is 6.69. The zero-order valence-corrected chi connectivity index (χ0v) is 19.1. The monoisotopic (exact) mass is 449 g/mol. The Morgan fingerprint density at radius 3 is 2.82 bits per heavy atom. The number of imidazole rings is 1. The second-order valence-electron chi connectivity index (χ2n) is 8.69. The quantitative estimate of drug-likeness (QED) is 0.567. The van der Waals surface area contributed by atoms with Gasteiger partial charge in [-0.2, -0.15) is 0 Å². The van der Waals surface area contributed by atoms with Gasteiger partial charge in [-0.05, 0) is 64.7 Å². The van der Waals surface area contributed by atoms with Gasteiger partial charge in [-0.3, -0.25) is 0 Å². The average molecular weight is 450 g/mol. The number of amides is 1. The summed E-state index contributed by atoms with van der Waals surface area (Å²) in [5.74, 6) is 1.07. The van der Waals surface area contributed by atoms with Crippen molar-refractivity contribution in [3.8, 4) is 0 Å². The first-order chi connectivity index (χ1) is 13.3. The lowest BCUT2D eigenvalue weighted by atomic mass is 9.99. The predicted octanol–water partition coefficient (Wildman–Crippen LogP) is 5.93. The lowest BCUT2D eigenvalue weighted by Gasteiger charge is -2.36. The minimum atomic E-state index is -0.473. The molecule has 5 nitrogen and oxygen atoms in total. The van der Waals surface area contributed by atoms with Crippen molar-refractivity contribution in [2.45, 2.75) is 84.4 Å². The maximum absolute atomic E-state index is 12.8. The van der Waals surface area contributed by atoms with Gasteiger partial charge in [0.25, 0.3) is 0 Å². The van der Waals surface area contributed by atoms with Crippen molar-refractivity contribution in [1.29, 1.82) is 0 Å². The van der Waals surface area contributed by atoms with Crippen molar-refractivity contribution in [1.82, 2.24) is 14.5 Å². The van der Waals surface area contributed by atoms with E-state index in [9.17, 15) is 4.79 Å². The molecular formula is C22H32BrN3O2. The van der Waals surface area contributed by atoms with E-state index in [4.69, 9.17) is 9.72 Å². The lowest BCUT2D eigenvalue weighted by molar-refractivity contribution is 0.00966. The number of ether oxygens (including phenoxy) is 1. The van der Waals surface area contributed by atoms with Crippen molar-refractivity contribution < 1.29 is 9.53 Å². The normalized spacial score (nSPS) is 17.9. The number of benzene rings is 1. The largest absolute Gasteiger partial charge is 0.444 e. The number of carbonyl (C=O) groups excluding carboxylic acids is 1. The molecule has 0 aliphatic carbocycles. The Morgan fingerprint density at radius 1 is 1.32 bits per heavy atom. The van der Waals surface area contributed by atoms with Crippen LogP contribution in [0.3, 0.4) is 0 Å². The van der Waals surface area contributed by atoms with E-state index in [-0.39, 0.29) is 12.1 Å². The van der Waals surface area contributed by atoms with Gasteiger partial charge in [0.05, 0.1) is 11.0 Å². The van der Waals surface area contributed by atoms with Gasteiger partial charge in [0.2, 0.25) is 0 Å². The van der Waals surface area contributed by atoms with Gasteiger partial charge in [-0.1, -0.05) is 29.3 Å². The lowest BCUT2D eigenvalue weighted by Crippen LogP contribution is -2.47. The third-order valence-corrected chi connectivity index (χ3v) is 5.69. The second kappa shape index (κ2) is 8.85. The Balaban J connectivity index is 1.87. The number of unbranched alkanes of at least 4 members (excludes halogenated alkanes) is 1. The molecule has 1 aromatic carbocycles. The molecule has 1 aliphatic heterocycles. The summed E-state index contributed by atoms with van der Waals surface area (Å²) < 4.78 is 9.05. The SMILES string of the molecule is CCCCn1c(CC2CCCCN2C(=O)OC(C)(C)C)nc2cc(Br)ccc21. The number of rotatable bonds is 5. The molecule has 0 saturated carbocycles. The molecule has 1 aliphatic rings. The molecule has 1 saturated heterocycles. The van der Waals surface area contributed by atoms with Crippen LogP contribution in [-0.2, 0) is 17.7 Å². The molecule has 154 valence electrons. The third kappa shape index (κ3) is 5.07. The predicted molar refractivity (Wildman–Crippen MR) is 117 cm³/mol. The number of piperidine rings is 1. The number of aromatic nitrogens is 2. The summed E-state index contributed by atoms with van der Waals surface area (Å²) in [6.45, 7) is 9.70. The van der Waals surface area contributed by atoms with E-state index in [2.05, 4.69) is 45.6 Å². The first kappa shape index (κ1) is 21.2. The Bertz CT molecular complexity index is 825. The molecule has 1 atom stereocenters. The molecule has 3 rings (SSSR count). The summed E-state index contributed by atoms with van der Waals surface area (Å²) in [6, 6.07) is 6.43. The maximum atomic E-state index is 12.8. The van der Waals surface area contributed by atoms with E-state index in [1.54, 1.807) is 0 Å². The molecule has 0 N–H and O–H groups in total. The highest BCUT2D eigenvalue weighted by atomic mass is 79.9. The fraction of sp³-hybridized carbons (Fsp3) is 0.636. The summed E-state index contributed by atoms with van der Waals surface area (Å²) in [4.78, 5) is 19.6. The fourth-order valence-electron chi connectivity index (χ4n) is 3.86. The molecule has 1 unspecified atom stereocenters. The van der Waals surface area contributed by atoms with E-state index in [0.717, 1.165) is 67.4 Å². The highest BCUT2D eigenvalue weighted by Gasteiger charge is 2.31. The van der Waals surface area contributed by atoms with Crippen LogP contribution in [0.5, 0.6) is 0 Å². The third-order valence-electron chi connectivity index (χ3n) is 5.20. The molecule has 1 aromatic heterocycles. The van der Waals surface area contributed by atoms with Gasteiger partial charge in [-0.25, -0.2) is 9.78 Å². The van der Waals surface area contributed by atoms with Gasteiger partial charge in [0.15, 0.2) is 0 Å². The number of hydrogen-bond acceptors (Lipinski definition) is 3. The number of fused-ring (bicyclic) bond motifs is 1. The Hall–Kier alpha value is -1.56. The van der Waals surface area contributed by atoms with Crippen LogP contribution in [0.25, 0.3) is 11.0 Å². The van der Waals surface area contributed by atoms with E-state index < -0.39 is 5.60 Å². The molecule has 6 heteroatoms. The van der Waals surface area contributed by atoms with Gasteiger partial charge in [0, 0.05) is 30.0 Å². The summed E-state index contributed by atoms with van der Waals surface area (Å²) >= 11 is 3.56. The van der Waals surface area contributed by atoms with E-state index in [1.807, 2.05) is 25.7 Å². The van der Waals surface area contributed by atoms with Crippen LogP contribution in [0.15, 0.2) is 22.7 Å². The van der Waals surface area contributed by atoms with Gasteiger partial charge in [-0.15, -0.1) is 0 Å². The van der Waals surface area contributed by atoms with Crippen LogP contribution in [0, 0.1) is 0 Å². The first-order valence-electron chi connectivity index (χ1n) is 10.4. The smallest absolute Gasteiger partial charge is 0.410 e. The van der Waals surface area contributed by atoms with Crippen LogP contribution in [0.4, 0.5) is 4.79 Å². The highest BCUT2D eigenvalue weighted by molar-refractivity contribution is 9.10.